The van der Waals surface area contributed by atoms with Crippen LogP contribution in [0.25, 0.3) is 0 Å². The Balaban J connectivity index is 1.96. The fourth-order valence-electron chi connectivity index (χ4n) is 2.50. The first kappa shape index (κ1) is 9.00. The number of nitrogens with one attached hydrogen (secondary N) is 1. The van der Waals surface area contributed by atoms with Gasteiger partial charge in [-0.2, -0.15) is 0 Å². The normalized spacial score (nSPS) is 30.2. The molecule has 2 rings (SSSR count). The summed E-state index contributed by atoms with van der Waals surface area (Å²) in [7, 11) is 0. The minimum absolute atomic E-state index is 0.269. The third-order valence-corrected chi connectivity index (χ3v) is 3.34. The molecule has 74 valence electrons. The maximum absolute atomic E-state index is 11.5. The molecule has 0 aromatic heterocycles. The molecule has 2 atom stereocenters. The summed E-state index contributed by atoms with van der Waals surface area (Å²) in [6, 6.07) is 0. The van der Waals surface area contributed by atoms with Gasteiger partial charge in [-0.1, -0.05) is 0 Å². The van der Waals surface area contributed by atoms with Gasteiger partial charge in [-0.25, -0.2) is 0 Å². The Morgan fingerprint density at radius 1 is 1.46 bits per heavy atom. The molecule has 3 N–H and O–H groups in total. The van der Waals surface area contributed by atoms with E-state index in [-0.39, 0.29) is 11.8 Å². The molecule has 1 saturated heterocycles. The van der Waals surface area contributed by atoms with E-state index < -0.39 is 0 Å². The van der Waals surface area contributed by atoms with Crippen molar-refractivity contribution >= 4 is 5.91 Å². The summed E-state index contributed by atoms with van der Waals surface area (Å²) >= 11 is 0. The van der Waals surface area contributed by atoms with Gasteiger partial charge >= 0.3 is 0 Å². The van der Waals surface area contributed by atoms with E-state index in [4.69, 9.17) is 5.73 Å². The molecule has 0 aromatic rings. The largest absolute Gasteiger partial charge is 0.356 e. The van der Waals surface area contributed by atoms with Crippen molar-refractivity contribution in [2.45, 2.75) is 25.7 Å². The van der Waals surface area contributed by atoms with Crippen LogP contribution in [0.15, 0.2) is 0 Å². The molecule has 3 nitrogen and oxygen atoms in total. The minimum Gasteiger partial charge on any atom is -0.356 e. The number of carbonyl (C=O) groups is 1. The predicted molar refractivity (Wildman–Crippen MR) is 51.0 cm³/mol. The monoisotopic (exact) mass is 182 g/mol. The van der Waals surface area contributed by atoms with Crippen LogP contribution >= 0.6 is 0 Å². The van der Waals surface area contributed by atoms with E-state index in [1.807, 2.05) is 0 Å². The highest BCUT2D eigenvalue weighted by Crippen LogP contribution is 2.43. The molecule has 0 aromatic carbocycles. The molecule has 2 unspecified atom stereocenters. The number of hydrogen-bond donors (Lipinski definition) is 2. The standard InChI is InChI=1S/C10H18N2O/c11-5-3-8(7-1-2-7)9-4-6-12-10(9)13/h7-9H,1-6,11H2,(H,12,13). The topological polar surface area (TPSA) is 55.1 Å². The average Bonchev–Trinajstić information content (AvgIpc) is 2.86. The number of rotatable bonds is 4. The van der Waals surface area contributed by atoms with E-state index in [9.17, 15) is 4.79 Å². The first-order valence-electron chi connectivity index (χ1n) is 5.30. The van der Waals surface area contributed by atoms with Crippen molar-refractivity contribution < 1.29 is 4.79 Å². The molecule has 13 heavy (non-hydrogen) atoms. The molecule has 1 saturated carbocycles. The Kier molecular flexibility index (Phi) is 2.54. The Morgan fingerprint density at radius 3 is 2.69 bits per heavy atom. The van der Waals surface area contributed by atoms with E-state index in [0.717, 1.165) is 31.8 Å². The van der Waals surface area contributed by atoms with E-state index in [1.54, 1.807) is 0 Å². The Morgan fingerprint density at radius 2 is 2.23 bits per heavy atom. The summed E-state index contributed by atoms with van der Waals surface area (Å²) in [5.41, 5.74) is 5.58. The highest BCUT2D eigenvalue weighted by molar-refractivity contribution is 5.80. The predicted octanol–water partition coefficient (Wildman–Crippen LogP) is 0.498. The van der Waals surface area contributed by atoms with Crippen molar-refractivity contribution in [2.24, 2.45) is 23.5 Å². The van der Waals surface area contributed by atoms with Crippen LogP contribution in [-0.2, 0) is 4.79 Å². The Labute approximate surface area is 79.1 Å². The second-order valence-corrected chi connectivity index (χ2v) is 4.26. The summed E-state index contributed by atoms with van der Waals surface area (Å²) in [5.74, 6) is 1.92. The van der Waals surface area contributed by atoms with E-state index in [2.05, 4.69) is 5.32 Å². The Bertz CT molecular complexity index is 201. The van der Waals surface area contributed by atoms with Crippen molar-refractivity contribution in [2.75, 3.05) is 13.1 Å². The van der Waals surface area contributed by atoms with Gasteiger partial charge in [0.15, 0.2) is 0 Å². The van der Waals surface area contributed by atoms with Crippen LogP contribution in [0.2, 0.25) is 0 Å². The number of amides is 1. The van der Waals surface area contributed by atoms with Gasteiger partial charge < -0.3 is 11.1 Å². The summed E-state index contributed by atoms with van der Waals surface area (Å²) in [4.78, 5) is 11.5. The van der Waals surface area contributed by atoms with E-state index in [0.29, 0.717) is 5.92 Å². The minimum atomic E-state index is 0.269. The first-order chi connectivity index (χ1) is 6.33. The van der Waals surface area contributed by atoms with Gasteiger partial charge in [0.2, 0.25) is 5.91 Å². The van der Waals surface area contributed by atoms with Gasteiger partial charge in [0.25, 0.3) is 0 Å². The molecule has 1 aliphatic carbocycles. The van der Waals surface area contributed by atoms with Gasteiger partial charge in [0.05, 0.1) is 0 Å². The first-order valence-corrected chi connectivity index (χ1v) is 5.30. The maximum Gasteiger partial charge on any atom is 0.223 e. The van der Waals surface area contributed by atoms with Crippen molar-refractivity contribution in [1.29, 1.82) is 0 Å². The fourth-order valence-corrected chi connectivity index (χ4v) is 2.50. The van der Waals surface area contributed by atoms with Gasteiger partial charge in [0, 0.05) is 12.5 Å². The van der Waals surface area contributed by atoms with Gasteiger partial charge in [0.1, 0.15) is 0 Å². The molecule has 3 heteroatoms. The summed E-state index contributed by atoms with van der Waals surface area (Å²) < 4.78 is 0. The second kappa shape index (κ2) is 3.66. The van der Waals surface area contributed by atoms with Crippen molar-refractivity contribution in [1.82, 2.24) is 5.32 Å². The zero-order chi connectivity index (χ0) is 9.26. The molecular formula is C10H18N2O. The summed E-state index contributed by atoms with van der Waals surface area (Å²) in [6.07, 6.45) is 4.69. The summed E-state index contributed by atoms with van der Waals surface area (Å²) in [5, 5.41) is 2.91. The molecule has 2 aliphatic rings. The zero-order valence-electron chi connectivity index (χ0n) is 7.96. The van der Waals surface area contributed by atoms with E-state index in [1.165, 1.54) is 12.8 Å². The molecular weight excluding hydrogens is 164 g/mol. The van der Waals surface area contributed by atoms with Crippen LogP contribution in [0, 0.1) is 17.8 Å². The van der Waals surface area contributed by atoms with Gasteiger partial charge in [-0.05, 0) is 44.1 Å². The Hall–Kier alpha value is -0.570. The highest BCUT2D eigenvalue weighted by atomic mass is 16.2. The van der Waals surface area contributed by atoms with Crippen molar-refractivity contribution in [3.8, 4) is 0 Å². The van der Waals surface area contributed by atoms with Crippen LogP contribution in [0.4, 0.5) is 0 Å². The van der Waals surface area contributed by atoms with Crippen LogP contribution in [-0.4, -0.2) is 19.0 Å². The van der Waals surface area contributed by atoms with Crippen LogP contribution in [0.5, 0.6) is 0 Å². The lowest BCUT2D eigenvalue weighted by molar-refractivity contribution is -0.124. The lowest BCUT2D eigenvalue weighted by Crippen LogP contribution is -2.27. The SMILES string of the molecule is NCCC(C1CC1)C1CCNC1=O. The number of nitrogens with two attached hydrogens (primary N) is 1. The summed E-state index contributed by atoms with van der Waals surface area (Å²) in [6.45, 7) is 1.60. The van der Waals surface area contributed by atoms with Crippen molar-refractivity contribution in [3.63, 3.8) is 0 Å². The molecule has 2 fully saturated rings. The molecule has 0 spiro atoms. The lowest BCUT2D eigenvalue weighted by Gasteiger charge is -2.20. The molecule has 1 amide bonds. The smallest absolute Gasteiger partial charge is 0.223 e. The molecule has 0 bridgehead atoms. The van der Waals surface area contributed by atoms with Gasteiger partial charge in [-0.3, -0.25) is 4.79 Å². The second-order valence-electron chi connectivity index (χ2n) is 4.26. The van der Waals surface area contributed by atoms with E-state index >= 15 is 0 Å². The third-order valence-electron chi connectivity index (χ3n) is 3.34. The number of hydrogen-bond acceptors (Lipinski definition) is 2. The van der Waals surface area contributed by atoms with Crippen LogP contribution in [0.3, 0.4) is 0 Å². The third kappa shape index (κ3) is 1.85. The van der Waals surface area contributed by atoms with Crippen molar-refractivity contribution in [3.05, 3.63) is 0 Å². The molecule has 1 aliphatic heterocycles. The van der Waals surface area contributed by atoms with Gasteiger partial charge in [-0.15, -0.1) is 0 Å². The fraction of sp³-hybridized carbons (Fsp3) is 0.900. The quantitative estimate of drug-likeness (QED) is 0.665. The lowest BCUT2D eigenvalue weighted by atomic mass is 9.84. The maximum atomic E-state index is 11.5. The van der Waals surface area contributed by atoms with Crippen LogP contribution < -0.4 is 11.1 Å². The van der Waals surface area contributed by atoms with Crippen LogP contribution in [0.1, 0.15) is 25.7 Å². The molecule has 0 radical (unpaired) electrons. The molecule has 1 heterocycles. The zero-order valence-corrected chi connectivity index (χ0v) is 7.96. The average molecular weight is 182 g/mol. The highest BCUT2D eigenvalue weighted by Gasteiger charge is 2.40. The number of carbonyl (C=O) groups excluding carboxylic acids is 1.